The Kier molecular flexibility index (Phi) is 6.21. The van der Waals surface area contributed by atoms with E-state index in [0.29, 0.717) is 42.7 Å². The van der Waals surface area contributed by atoms with Crippen molar-refractivity contribution in [1.29, 1.82) is 5.26 Å². The van der Waals surface area contributed by atoms with Crippen molar-refractivity contribution in [2.45, 2.75) is 68.9 Å². The van der Waals surface area contributed by atoms with E-state index < -0.39 is 42.3 Å². The van der Waals surface area contributed by atoms with Crippen LogP contribution in [0.25, 0.3) is 0 Å². The normalized spacial score (nSPS) is 21.0. The summed E-state index contributed by atoms with van der Waals surface area (Å²) in [6, 6.07) is 6.55. The number of carbonyl (C=O) groups is 2. The number of hydrogen-bond donors (Lipinski definition) is 2. The third kappa shape index (κ3) is 5.55. The lowest BCUT2D eigenvalue weighted by Crippen LogP contribution is -2.56. The first-order valence-corrected chi connectivity index (χ1v) is 11.5. The molecule has 3 amide bonds. The van der Waals surface area contributed by atoms with Gasteiger partial charge < -0.3 is 20.3 Å². The molecule has 33 heavy (non-hydrogen) atoms. The molecule has 0 aromatic heterocycles. The van der Waals surface area contributed by atoms with Gasteiger partial charge in [-0.05, 0) is 50.0 Å². The van der Waals surface area contributed by atoms with Crippen molar-refractivity contribution in [3.8, 4) is 11.8 Å². The standard InChI is InChI=1S/C24H30F2N4O3/c1-33-19-5-3-2-4-17(19)14-24(25,26)15-18(20(31)29-23(16-27)8-9-23)28-21(32)30-12-10-22(6-7-22)11-13-30/h2-5,18H,6-15H2,1H3,(H,28,32)(H,29,31)/t18-/m0/s1. The number of urea groups is 1. The largest absolute Gasteiger partial charge is 0.496 e. The van der Waals surface area contributed by atoms with Crippen molar-refractivity contribution in [3.63, 3.8) is 0 Å². The molecular weight excluding hydrogens is 430 g/mol. The number of likely N-dealkylation sites (tertiary alicyclic amines) is 1. The number of methoxy groups -OCH3 is 1. The topological polar surface area (TPSA) is 94.5 Å². The molecular formula is C24H30F2N4O3. The number of alkyl halides is 2. The van der Waals surface area contributed by atoms with Crippen LogP contribution in [0.1, 0.15) is 50.5 Å². The van der Waals surface area contributed by atoms with E-state index in [1.54, 1.807) is 29.2 Å². The van der Waals surface area contributed by atoms with E-state index in [9.17, 15) is 14.9 Å². The fraction of sp³-hybridized carbons (Fsp3) is 0.625. The van der Waals surface area contributed by atoms with Crippen LogP contribution in [0.3, 0.4) is 0 Å². The smallest absolute Gasteiger partial charge is 0.318 e. The molecule has 178 valence electrons. The van der Waals surface area contributed by atoms with Crippen LogP contribution < -0.4 is 15.4 Å². The first-order chi connectivity index (χ1) is 15.7. The SMILES string of the molecule is COc1ccccc1CC(F)(F)C[C@H](NC(=O)N1CCC2(CC1)CC2)C(=O)NC1(C#N)CC1. The summed E-state index contributed by atoms with van der Waals surface area (Å²) < 4.78 is 35.4. The summed E-state index contributed by atoms with van der Waals surface area (Å²) in [7, 11) is 1.41. The van der Waals surface area contributed by atoms with Gasteiger partial charge in [0.2, 0.25) is 5.91 Å². The number of ether oxygens (including phenoxy) is 1. The number of rotatable bonds is 8. The summed E-state index contributed by atoms with van der Waals surface area (Å²) in [4.78, 5) is 27.3. The summed E-state index contributed by atoms with van der Waals surface area (Å²) >= 11 is 0. The monoisotopic (exact) mass is 460 g/mol. The molecule has 2 N–H and O–H groups in total. The molecule has 3 fully saturated rings. The average molecular weight is 461 g/mol. The lowest BCUT2D eigenvalue weighted by atomic mass is 9.94. The van der Waals surface area contributed by atoms with E-state index in [0.717, 1.165) is 12.8 Å². The molecule has 1 aromatic rings. The molecule has 0 unspecified atom stereocenters. The number of benzene rings is 1. The lowest BCUT2D eigenvalue weighted by molar-refractivity contribution is -0.126. The Bertz CT molecular complexity index is 943. The molecule has 1 heterocycles. The number of amides is 3. The molecule has 4 rings (SSSR count). The van der Waals surface area contributed by atoms with Gasteiger partial charge in [-0.25, -0.2) is 13.6 Å². The van der Waals surface area contributed by atoms with E-state index in [1.165, 1.54) is 20.0 Å². The maximum atomic E-state index is 15.1. The van der Waals surface area contributed by atoms with Crippen LogP contribution in [0.4, 0.5) is 13.6 Å². The number of nitrogens with one attached hydrogen (secondary N) is 2. The molecule has 7 nitrogen and oxygen atoms in total. The Labute approximate surface area is 192 Å². The van der Waals surface area contributed by atoms with Gasteiger partial charge in [0.15, 0.2) is 0 Å². The highest BCUT2D eigenvalue weighted by atomic mass is 19.3. The van der Waals surface area contributed by atoms with Gasteiger partial charge in [0.25, 0.3) is 5.92 Å². The molecule has 9 heteroatoms. The second kappa shape index (κ2) is 8.81. The second-order valence-corrected chi connectivity index (χ2v) is 9.72. The quantitative estimate of drug-likeness (QED) is 0.622. The van der Waals surface area contributed by atoms with Crippen LogP contribution in [-0.2, 0) is 11.2 Å². The molecule has 0 bridgehead atoms. The Morgan fingerprint density at radius 1 is 1.18 bits per heavy atom. The van der Waals surface area contributed by atoms with E-state index in [-0.39, 0.29) is 0 Å². The van der Waals surface area contributed by atoms with Crippen molar-refractivity contribution >= 4 is 11.9 Å². The van der Waals surface area contributed by atoms with Gasteiger partial charge in [-0.15, -0.1) is 0 Å². The predicted octanol–water partition coefficient (Wildman–Crippen LogP) is 3.39. The zero-order valence-corrected chi connectivity index (χ0v) is 18.8. The molecule has 2 saturated carbocycles. The molecule has 1 atom stereocenters. The molecule has 1 aliphatic heterocycles. The van der Waals surface area contributed by atoms with Gasteiger partial charge in [0.05, 0.1) is 13.2 Å². The molecule has 2 aliphatic carbocycles. The number of nitriles is 1. The second-order valence-electron chi connectivity index (χ2n) is 9.72. The summed E-state index contributed by atoms with van der Waals surface area (Å²) in [6.07, 6.45) is 3.60. The fourth-order valence-corrected chi connectivity index (χ4v) is 4.52. The van der Waals surface area contributed by atoms with Crippen molar-refractivity contribution < 1.29 is 23.1 Å². The third-order valence-corrected chi connectivity index (χ3v) is 7.15. The number of halogens is 2. The van der Waals surface area contributed by atoms with Crippen LogP contribution in [0.5, 0.6) is 5.75 Å². The van der Waals surface area contributed by atoms with Crippen molar-refractivity contribution in [2.24, 2.45) is 5.41 Å². The minimum absolute atomic E-state index is 0.317. The van der Waals surface area contributed by atoms with E-state index in [2.05, 4.69) is 10.6 Å². The molecule has 3 aliphatic rings. The van der Waals surface area contributed by atoms with Gasteiger partial charge >= 0.3 is 6.03 Å². The van der Waals surface area contributed by atoms with Crippen molar-refractivity contribution in [2.75, 3.05) is 20.2 Å². The van der Waals surface area contributed by atoms with Crippen LogP contribution in [-0.4, -0.2) is 54.5 Å². The van der Waals surface area contributed by atoms with Crippen LogP contribution in [0.15, 0.2) is 24.3 Å². The summed E-state index contributed by atoms with van der Waals surface area (Å²) in [6.45, 7) is 1.11. The van der Waals surface area contributed by atoms with Gasteiger partial charge in [-0.2, -0.15) is 5.26 Å². The number of piperidine rings is 1. The number of para-hydroxylation sites is 1. The highest BCUT2D eigenvalue weighted by Gasteiger charge is 2.48. The van der Waals surface area contributed by atoms with E-state index in [1.807, 2.05) is 6.07 Å². The highest BCUT2D eigenvalue weighted by molar-refractivity contribution is 5.88. The van der Waals surface area contributed by atoms with Gasteiger partial charge in [0.1, 0.15) is 17.3 Å². The first-order valence-electron chi connectivity index (χ1n) is 11.5. The van der Waals surface area contributed by atoms with Crippen LogP contribution in [0.2, 0.25) is 0 Å². The van der Waals surface area contributed by atoms with Crippen LogP contribution in [0, 0.1) is 16.7 Å². The maximum Gasteiger partial charge on any atom is 0.318 e. The number of carbonyl (C=O) groups excluding carboxylic acids is 2. The molecule has 1 spiro atoms. The summed E-state index contributed by atoms with van der Waals surface area (Å²) in [5.74, 6) is -3.70. The average Bonchev–Trinajstić information content (AvgIpc) is 3.72. The maximum absolute atomic E-state index is 15.1. The summed E-state index contributed by atoms with van der Waals surface area (Å²) in [5.41, 5.74) is -0.334. The summed E-state index contributed by atoms with van der Waals surface area (Å²) in [5, 5.41) is 14.4. The molecule has 0 radical (unpaired) electrons. The molecule has 1 aromatic carbocycles. The van der Waals surface area contributed by atoms with Gasteiger partial charge in [0, 0.05) is 31.5 Å². The lowest BCUT2D eigenvalue weighted by Gasteiger charge is -2.34. The highest BCUT2D eigenvalue weighted by Crippen LogP contribution is 2.53. The Morgan fingerprint density at radius 3 is 2.42 bits per heavy atom. The van der Waals surface area contributed by atoms with Crippen molar-refractivity contribution in [1.82, 2.24) is 15.5 Å². The van der Waals surface area contributed by atoms with E-state index in [4.69, 9.17) is 4.74 Å². The number of nitrogens with zero attached hydrogens (tertiary/aromatic N) is 2. The van der Waals surface area contributed by atoms with Gasteiger partial charge in [-0.1, -0.05) is 18.2 Å². The van der Waals surface area contributed by atoms with E-state index >= 15 is 8.78 Å². The first kappa shape index (κ1) is 23.3. The van der Waals surface area contributed by atoms with Gasteiger partial charge in [-0.3, -0.25) is 4.79 Å². The Balaban J connectivity index is 1.45. The third-order valence-electron chi connectivity index (χ3n) is 7.15. The Hall–Kier alpha value is -2.89. The van der Waals surface area contributed by atoms with Crippen molar-refractivity contribution in [3.05, 3.63) is 29.8 Å². The van der Waals surface area contributed by atoms with Crippen LogP contribution >= 0.6 is 0 Å². The Morgan fingerprint density at radius 2 is 1.85 bits per heavy atom. The zero-order chi connectivity index (χ0) is 23.7. The zero-order valence-electron chi connectivity index (χ0n) is 18.8. The number of hydrogen-bond acceptors (Lipinski definition) is 4. The molecule has 1 saturated heterocycles. The minimum atomic E-state index is -3.28. The fourth-order valence-electron chi connectivity index (χ4n) is 4.52. The minimum Gasteiger partial charge on any atom is -0.496 e. The predicted molar refractivity (Wildman–Crippen MR) is 117 cm³/mol.